The van der Waals surface area contributed by atoms with Gasteiger partial charge < -0.3 is 0 Å². The highest BCUT2D eigenvalue weighted by molar-refractivity contribution is 8.26. The summed E-state index contributed by atoms with van der Waals surface area (Å²) in [6, 6.07) is 6.46. The molecule has 0 spiro atoms. The number of thiocarbonyl (C=S) groups is 1. The Hall–Kier alpha value is -1.39. The van der Waals surface area contributed by atoms with Gasteiger partial charge in [0.05, 0.1) is 4.91 Å². The standard InChI is InChI=1S/C16H15NOS2/c1-2-8-17-15(18)14(20-16(17)19)10-11-6-7-12-4-3-5-13(12)9-11/h2,6-7,9-10H,1,3-5,8H2/b14-10-. The lowest BCUT2D eigenvalue weighted by molar-refractivity contribution is -0.121. The van der Waals surface area contributed by atoms with E-state index >= 15 is 0 Å². The van der Waals surface area contributed by atoms with Crippen molar-refractivity contribution in [2.24, 2.45) is 0 Å². The molecule has 1 aliphatic carbocycles. The normalized spacial score (nSPS) is 19.8. The van der Waals surface area contributed by atoms with E-state index in [9.17, 15) is 4.79 Å². The van der Waals surface area contributed by atoms with E-state index in [1.54, 1.807) is 11.0 Å². The molecule has 0 unspecified atom stereocenters. The van der Waals surface area contributed by atoms with Crippen molar-refractivity contribution < 1.29 is 4.79 Å². The maximum absolute atomic E-state index is 12.2. The molecule has 1 aliphatic heterocycles. The summed E-state index contributed by atoms with van der Waals surface area (Å²) in [4.78, 5) is 14.5. The van der Waals surface area contributed by atoms with Crippen LogP contribution in [0.5, 0.6) is 0 Å². The smallest absolute Gasteiger partial charge is 0.266 e. The van der Waals surface area contributed by atoms with E-state index in [1.165, 1.54) is 35.7 Å². The number of hydrogen-bond acceptors (Lipinski definition) is 3. The molecular formula is C16H15NOS2. The summed E-state index contributed by atoms with van der Waals surface area (Å²) in [5.41, 5.74) is 3.95. The maximum atomic E-state index is 12.2. The summed E-state index contributed by atoms with van der Waals surface area (Å²) in [5, 5.41) is 0. The summed E-state index contributed by atoms with van der Waals surface area (Å²) in [6.45, 7) is 4.14. The van der Waals surface area contributed by atoms with Crippen molar-refractivity contribution in [3.05, 3.63) is 52.4 Å². The van der Waals surface area contributed by atoms with Crippen molar-refractivity contribution in [3.8, 4) is 0 Å². The van der Waals surface area contributed by atoms with E-state index in [0.717, 1.165) is 12.0 Å². The Kier molecular flexibility index (Phi) is 3.76. The van der Waals surface area contributed by atoms with Gasteiger partial charge in [-0.25, -0.2) is 0 Å². The molecule has 1 saturated heterocycles. The van der Waals surface area contributed by atoms with Crippen LogP contribution in [-0.2, 0) is 17.6 Å². The topological polar surface area (TPSA) is 20.3 Å². The van der Waals surface area contributed by atoms with Crippen LogP contribution in [0.4, 0.5) is 0 Å². The molecule has 0 bridgehead atoms. The molecule has 0 aromatic heterocycles. The van der Waals surface area contributed by atoms with Crippen LogP contribution < -0.4 is 0 Å². The minimum absolute atomic E-state index is 0.0135. The number of carbonyl (C=O) groups is 1. The van der Waals surface area contributed by atoms with Gasteiger partial charge in [-0.15, -0.1) is 6.58 Å². The summed E-state index contributed by atoms with van der Waals surface area (Å²) in [7, 11) is 0. The highest BCUT2D eigenvalue weighted by Crippen LogP contribution is 2.33. The monoisotopic (exact) mass is 301 g/mol. The van der Waals surface area contributed by atoms with Crippen molar-refractivity contribution in [3.63, 3.8) is 0 Å². The fourth-order valence-electron chi connectivity index (χ4n) is 2.62. The van der Waals surface area contributed by atoms with E-state index < -0.39 is 0 Å². The Morgan fingerprint density at radius 3 is 2.95 bits per heavy atom. The van der Waals surface area contributed by atoms with Crippen LogP contribution in [-0.4, -0.2) is 21.7 Å². The molecule has 1 amide bonds. The van der Waals surface area contributed by atoms with Gasteiger partial charge in [-0.2, -0.15) is 0 Å². The molecule has 1 heterocycles. The Labute approximate surface area is 128 Å². The lowest BCUT2D eigenvalue weighted by atomic mass is 10.1. The van der Waals surface area contributed by atoms with Crippen LogP contribution in [0.25, 0.3) is 6.08 Å². The van der Waals surface area contributed by atoms with Crippen molar-refractivity contribution in [2.75, 3.05) is 6.54 Å². The Morgan fingerprint density at radius 2 is 2.15 bits per heavy atom. The van der Waals surface area contributed by atoms with Crippen LogP contribution in [0.3, 0.4) is 0 Å². The van der Waals surface area contributed by atoms with Crippen molar-refractivity contribution in [2.45, 2.75) is 19.3 Å². The van der Waals surface area contributed by atoms with Crippen LogP contribution in [0, 0.1) is 0 Å². The number of thioether (sulfide) groups is 1. The fraction of sp³-hybridized carbons (Fsp3) is 0.250. The molecule has 102 valence electrons. The third-order valence-corrected chi connectivity index (χ3v) is 4.98. The Bertz CT molecular complexity index is 633. The number of fused-ring (bicyclic) bond motifs is 1. The highest BCUT2D eigenvalue weighted by Gasteiger charge is 2.30. The predicted molar refractivity (Wildman–Crippen MR) is 88.5 cm³/mol. The SMILES string of the molecule is C=CCN1C(=O)/C(=C/c2ccc3c(c2)CCC3)SC1=S. The lowest BCUT2D eigenvalue weighted by Crippen LogP contribution is -2.27. The van der Waals surface area contributed by atoms with E-state index in [2.05, 4.69) is 24.8 Å². The summed E-state index contributed by atoms with van der Waals surface area (Å²) >= 11 is 6.61. The van der Waals surface area contributed by atoms with E-state index in [4.69, 9.17) is 12.2 Å². The second-order valence-electron chi connectivity index (χ2n) is 4.96. The van der Waals surface area contributed by atoms with E-state index in [-0.39, 0.29) is 5.91 Å². The first kappa shape index (κ1) is 13.6. The highest BCUT2D eigenvalue weighted by atomic mass is 32.2. The van der Waals surface area contributed by atoms with Crippen LogP contribution in [0.2, 0.25) is 0 Å². The molecule has 1 aromatic carbocycles. The Balaban J connectivity index is 1.87. The number of hydrogen-bond donors (Lipinski definition) is 0. The number of aryl methyl sites for hydroxylation is 2. The van der Waals surface area contributed by atoms with Gasteiger partial charge in [0.25, 0.3) is 5.91 Å². The van der Waals surface area contributed by atoms with Crippen LogP contribution in [0.1, 0.15) is 23.1 Å². The average Bonchev–Trinajstić information content (AvgIpc) is 2.99. The minimum atomic E-state index is -0.0135. The molecule has 0 atom stereocenters. The molecule has 20 heavy (non-hydrogen) atoms. The van der Waals surface area contributed by atoms with Crippen molar-refractivity contribution in [1.29, 1.82) is 0 Å². The second kappa shape index (κ2) is 5.54. The number of benzene rings is 1. The fourth-order valence-corrected chi connectivity index (χ4v) is 3.89. The summed E-state index contributed by atoms with van der Waals surface area (Å²) < 4.78 is 0.613. The first-order valence-corrected chi connectivity index (χ1v) is 7.89. The van der Waals surface area contributed by atoms with Crippen molar-refractivity contribution in [1.82, 2.24) is 4.90 Å². The molecule has 1 aromatic rings. The van der Waals surface area contributed by atoms with Gasteiger partial charge in [-0.1, -0.05) is 48.3 Å². The van der Waals surface area contributed by atoms with Crippen molar-refractivity contribution >= 4 is 40.3 Å². The third-order valence-electron chi connectivity index (χ3n) is 3.61. The van der Waals surface area contributed by atoms with E-state index in [1.807, 2.05) is 6.08 Å². The molecule has 0 saturated carbocycles. The number of rotatable bonds is 3. The minimum Gasteiger partial charge on any atom is -0.289 e. The van der Waals surface area contributed by atoms with Gasteiger partial charge >= 0.3 is 0 Å². The first-order valence-electron chi connectivity index (χ1n) is 6.67. The third kappa shape index (κ3) is 2.45. The van der Waals surface area contributed by atoms with Crippen LogP contribution >= 0.6 is 24.0 Å². The number of amides is 1. The average molecular weight is 301 g/mol. The first-order chi connectivity index (χ1) is 9.69. The molecule has 2 nitrogen and oxygen atoms in total. The van der Waals surface area contributed by atoms with Gasteiger partial charge in [0.1, 0.15) is 4.32 Å². The zero-order chi connectivity index (χ0) is 14.1. The zero-order valence-corrected chi connectivity index (χ0v) is 12.7. The van der Waals surface area contributed by atoms with Gasteiger partial charge in [-0.3, -0.25) is 9.69 Å². The van der Waals surface area contributed by atoms with Crippen LogP contribution in [0.15, 0.2) is 35.8 Å². The lowest BCUT2D eigenvalue weighted by Gasteiger charge is -2.10. The number of nitrogens with zero attached hydrogens (tertiary/aromatic N) is 1. The molecule has 4 heteroatoms. The Morgan fingerprint density at radius 1 is 1.35 bits per heavy atom. The zero-order valence-electron chi connectivity index (χ0n) is 11.1. The second-order valence-corrected chi connectivity index (χ2v) is 6.64. The number of carbonyl (C=O) groups excluding carboxylic acids is 1. The molecule has 1 fully saturated rings. The summed E-state index contributed by atoms with van der Waals surface area (Å²) in [5.74, 6) is -0.0135. The quantitative estimate of drug-likeness (QED) is 0.484. The molecule has 2 aliphatic rings. The van der Waals surface area contributed by atoms with Gasteiger partial charge in [0.2, 0.25) is 0 Å². The van der Waals surface area contributed by atoms with Gasteiger partial charge in [0, 0.05) is 6.54 Å². The molecule has 0 radical (unpaired) electrons. The maximum Gasteiger partial charge on any atom is 0.266 e. The predicted octanol–water partition coefficient (Wildman–Crippen LogP) is 3.56. The molecule has 0 N–H and O–H groups in total. The molecular weight excluding hydrogens is 286 g/mol. The summed E-state index contributed by atoms with van der Waals surface area (Å²) in [6.07, 6.45) is 7.20. The van der Waals surface area contributed by atoms with Gasteiger partial charge in [0.15, 0.2) is 0 Å². The van der Waals surface area contributed by atoms with Gasteiger partial charge in [-0.05, 0) is 42.0 Å². The van der Waals surface area contributed by atoms with E-state index in [0.29, 0.717) is 15.8 Å². The largest absolute Gasteiger partial charge is 0.289 e. The molecule has 3 rings (SSSR count).